The van der Waals surface area contributed by atoms with Crippen molar-refractivity contribution in [2.24, 2.45) is 23.7 Å². The van der Waals surface area contributed by atoms with Gasteiger partial charge in [0.15, 0.2) is 0 Å². The van der Waals surface area contributed by atoms with Crippen LogP contribution < -0.4 is 0 Å². The highest BCUT2D eigenvalue weighted by Crippen LogP contribution is 2.39. The zero-order chi connectivity index (χ0) is 19.8. The fraction of sp³-hybridized carbons (Fsp3) is 0.909. The van der Waals surface area contributed by atoms with E-state index in [1.165, 1.54) is 12.8 Å². The number of aliphatic hydroxyl groups excluding tert-OH is 2. The van der Waals surface area contributed by atoms with E-state index in [4.69, 9.17) is 5.11 Å². The van der Waals surface area contributed by atoms with Crippen molar-refractivity contribution in [3.8, 4) is 0 Å². The molecule has 0 aromatic rings. The normalized spacial score (nSPS) is 32.1. The number of carboxylic acids is 1. The number of unbranched alkanes of at least 4 members (excludes halogenated alkanes) is 3. The first-order valence-electron chi connectivity index (χ1n) is 11.0. The number of hydrogen-bond acceptors (Lipinski definition) is 4. The summed E-state index contributed by atoms with van der Waals surface area (Å²) in [4.78, 5) is 22.8. The van der Waals surface area contributed by atoms with E-state index in [0.717, 1.165) is 50.9 Å². The summed E-state index contributed by atoms with van der Waals surface area (Å²) < 4.78 is 0. The van der Waals surface area contributed by atoms with Crippen molar-refractivity contribution < 1.29 is 24.9 Å². The van der Waals surface area contributed by atoms with E-state index >= 15 is 0 Å². The zero-order valence-electron chi connectivity index (χ0n) is 16.8. The van der Waals surface area contributed by atoms with Crippen LogP contribution in [0, 0.1) is 23.7 Å². The van der Waals surface area contributed by atoms with Crippen LogP contribution >= 0.6 is 0 Å². The molecule has 5 heteroatoms. The monoisotopic (exact) mass is 382 g/mol. The van der Waals surface area contributed by atoms with Gasteiger partial charge in [0.1, 0.15) is 5.78 Å². The Balaban J connectivity index is 1.72. The number of hydrogen-bond donors (Lipinski definition) is 3. The minimum atomic E-state index is -0.754. The molecule has 0 aliphatic heterocycles. The Morgan fingerprint density at radius 2 is 1.89 bits per heavy atom. The van der Waals surface area contributed by atoms with Crippen LogP contribution in [0.3, 0.4) is 0 Å². The maximum absolute atomic E-state index is 12.3. The molecule has 2 rings (SSSR count). The molecule has 0 radical (unpaired) electrons. The summed E-state index contributed by atoms with van der Waals surface area (Å²) in [5.74, 6) is 0.442. The predicted octanol–water partition coefficient (Wildman–Crippen LogP) is 3.95. The molecule has 3 N–H and O–H groups in total. The van der Waals surface area contributed by atoms with Gasteiger partial charge in [0.05, 0.1) is 12.2 Å². The molecular formula is C22H38O5. The van der Waals surface area contributed by atoms with Crippen LogP contribution in [-0.4, -0.2) is 39.3 Å². The number of rotatable bonds is 12. The van der Waals surface area contributed by atoms with Gasteiger partial charge in [-0.2, -0.15) is 0 Å². The highest BCUT2D eigenvalue weighted by Gasteiger charge is 2.41. The number of Topliss-reactive ketones (excluding diaryl/α,β-unsaturated/α-hetero) is 1. The Labute approximate surface area is 163 Å². The summed E-state index contributed by atoms with van der Waals surface area (Å²) in [6.45, 7) is 2.21. The van der Waals surface area contributed by atoms with Crippen LogP contribution in [0.5, 0.6) is 0 Å². The van der Waals surface area contributed by atoms with E-state index in [2.05, 4.69) is 6.92 Å². The summed E-state index contributed by atoms with van der Waals surface area (Å²) in [5, 5.41) is 29.5. The molecule has 2 saturated carbocycles. The van der Waals surface area contributed by atoms with Crippen molar-refractivity contribution in [2.45, 2.75) is 103 Å². The summed E-state index contributed by atoms with van der Waals surface area (Å²) in [7, 11) is 0. The molecular weight excluding hydrogens is 344 g/mol. The lowest BCUT2D eigenvalue weighted by Crippen LogP contribution is -2.25. The first-order valence-corrected chi connectivity index (χ1v) is 11.0. The Bertz CT molecular complexity index is 477. The van der Waals surface area contributed by atoms with Gasteiger partial charge >= 0.3 is 5.97 Å². The topological polar surface area (TPSA) is 94.8 Å². The van der Waals surface area contributed by atoms with Crippen LogP contribution in [0.15, 0.2) is 0 Å². The van der Waals surface area contributed by atoms with E-state index in [0.29, 0.717) is 18.8 Å². The number of carboxylic acid groups (broad SMARTS) is 1. The van der Waals surface area contributed by atoms with Gasteiger partial charge in [-0.05, 0) is 56.3 Å². The molecule has 6 atom stereocenters. The Morgan fingerprint density at radius 3 is 2.56 bits per heavy atom. The average molecular weight is 383 g/mol. The van der Waals surface area contributed by atoms with Gasteiger partial charge in [-0.3, -0.25) is 9.59 Å². The zero-order valence-corrected chi connectivity index (χ0v) is 16.8. The molecule has 0 heterocycles. The highest BCUT2D eigenvalue weighted by atomic mass is 16.4. The predicted molar refractivity (Wildman–Crippen MR) is 104 cm³/mol. The summed E-state index contributed by atoms with van der Waals surface area (Å²) in [6.07, 6.45) is 9.82. The molecule has 2 aliphatic carbocycles. The Morgan fingerprint density at radius 1 is 1.15 bits per heavy atom. The fourth-order valence-corrected chi connectivity index (χ4v) is 5.21. The van der Waals surface area contributed by atoms with Gasteiger partial charge in [-0.1, -0.05) is 39.0 Å². The van der Waals surface area contributed by atoms with Crippen LogP contribution in [-0.2, 0) is 9.59 Å². The van der Waals surface area contributed by atoms with E-state index in [1.54, 1.807) is 0 Å². The highest BCUT2D eigenvalue weighted by molar-refractivity contribution is 5.84. The second-order valence-electron chi connectivity index (χ2n) is 8.85. The average Bonchev–Trinajstić information content (AvgIpc) is 3.20. The van der Waals surface area contributed by atoms with Gasteiger partial charge in [0.2, 0.25) is 0 Å². The van der Waals surface area contributed by atoms with Gasteiger partial charge in [0.25, 0.3) is 0 Å². The summed E-state index contributed by atoms with van der Waals surface area (Å²) >= 11 is 0. The maximum Gasteiger partial charge on any atom is 0.303 e. The standard InChI is InChI=1S/C22H38O5/c1-2-15-9-10-16(13-15)19(23)12-11-18-17(20(24)14-21(18)25)7-5-3-4-6-8-22(26)27/h15-19,21,23,25H,2-14H2,1H3,(H,26,27)/t15?,16?,17-,18-,19-,21-/m1/s1. The van der Waals surface area contributed by atoms with Crippen LogP contribution in [0.25, 0.3) is 0 Å². The first kappa shape index (κ1) is 22.4. The smallest absolute Gasteiger partial charge is 0.303 e. The van der Waals surface area contributed by atoms with Crippen LogP contribution in [0.2, 0.25) is 0 Å². The lowest BCUT2D eigenvalue weighted by molar-refractivity contribution is -0.137. The van der Waals surface area contributed by atoms with E-state index in [1.807, 2.05) is 0 Å². The van der Waals surface area contributed by atoms with Crippen molar-refractivity contribution in [2.75, 3.05) is 0 Å². The first-order chi connectivity index (χ1) is 12.9. The number of carbonyl (C=O) groups is 2. The molecule has 5 nitrogen and oxygen atoms in total. The van der Waals surface area contributed by atoms with Gasteiger partial charge in [-0.25, -0.2) is 0 Å². The minimum absolute atomic E-state index is 0.0189. The molecule has 0 saturated heterocycles. The third kappa shape index (κ3) is 6.86. The van der Waals surface area contributed by atoms with Gasteiger partial charge in [-0.15, -0.1) is 0 Å². The van der Waals surface area contributed by atoms with E-state index in [-0.39, 0.29) is 36.6 Å². The maximum atomic E-state index is 12.3. The van der Waals surface area contributed by atoms with Crippen molar-refractivity contribution in [1.82, 2.24) is 0 Å². The number of carbonyl (C=O) groups excluding carboxylic acids is 1. The molecule has 2 unspecified atom stereocenters. The second-order valence-corrected chi connectivity index (χ2v) is 8.85. The summed E-state index contributed by atoms with van der Waals surface area (Å²) in [5.41, 5.74) is 0. The molecule has 156 valence electrons. The van der Waals surface area contributed by atoms with Crippen LogP contribution in [0.1, 0.15) is 90.4 Å². The SMILES string of the molecule is CCC1CCC([C@H](O)CC[C@H]2[C@H](O)CC(=O)[C@@H]2CCCCCCC(=O)O)C1. The Kier molecular flexibility index (Phi) is 9.24. The number of aliphatic hydroxyl groups is 2. The number of ketones is 1. The summed E-state index contributed by atoms with van der Waals surface area (Å²) in [6, 6.07) is 0. The van der Waals surface area contributed by atoms with Crippen LogP contribution in [0.4, 0.5) is 0 Å². The van der Waals surface area contributed by atoms with Crippen molar-refractivity contribution >= 4 is 11.8 Å². The van der Waals surface area contributed by atoms with Crippen molar-refractivity contribution in [3.05, 3.63) is 0 Å². The lowest BCUT2D eigenvalue weighted by Gasteiger charge is -2.24. The second kappa shape index (κ2) is 11.2. The minimum Gasteiger partial charge on any atom is -0.481 e. The molecule has 0 bridgehead atoms. The molecule has 0 aromatic carbocycles. The largest absolute Gasteiger partial charge is 0.481 e. The van der Waals surface area contributed by atoms with Gasteiger partial charge in [0, 0.05) is 18.8 Å². The molecule has 0 aromatic heterocycles. The molecule has 2 fully saturated rings. The third-order valence-corrected chi connectivity index (χ3v) is 6.99. The van der Waals surface area contributed by atoms with Crippen molar-refractivity contribution in [3.63, 3.8) is 0 Å². The molecule has 0 spiro atoms. The van der Waals surface area contributed by atoms with Crippen molar-refractivity contribution in [1.29, 1.82) is 0 Å². The molecule has 2 aliphatic rings. The fourth-order valence-electron chi connectivity index (χ4n) is 5.21. The van der Waals surface area contributed by atoms with Gasteiger partial charge < -0.3 is 15.3 Å². The number of aliphatic carboxylic acids is 1. The Hall–Kier alpha value is -0.940. The quantitative estimate of drug-likeness (QED) is 0.444. The molecule has 27 heavy (non-hydrogen) atoms. The van der Waals surface area contributed by atoms with E-state index < -0.39 is 12.1 Å². The molecule has 0 amide bonds. The third-order valence-electron chi connectivity index (χ3n) is 6.99. The van der Waals surface area contributed by atoms with E-state index in [9.17, 15) is 19.8 Å². The lowest BCUT2D eigenvalue weighted by atomic mass is 9.83.